The maximum atomic E-state index is 11.2. The van der Waals surface area contributed by atoms with Gasteiger partial charge in [-0.05, 0) is 56.1 Å². The third kappa shape index (κ3) is 4.76. The smallest absolute Gasteiger partial charge is 0.229 e. The van der Waals surface area contributed by atoms with E-state index in [1.54, 1.807) is 29.5 Å². The van der Waals surface area contributed by atoms with Gasteiger partial charge in [-0.15, -0.1) is 11.3 Å². The number of halogens is 2. The van der Waals surface area contributed by atoms with E-state index in [0.29, 0.717) is 12.2 Å². The molecule has 1 heterocycles. The molecule has 0 atom stereocenters. The fourth-order valence-electron chi connectivity index (χ4n) is 1.57. The van der Waals surface area contributed by atoms with Crippen molar-refractivity contribution < 1.29 is 8.42 Å². The number of sulfonamides is 1. The summed E-state index contributed by atoms with van der Waals surface area (Å²) in [5.41, 5.74) is 1.41. The monoisotopic (exact) mass is 438 g/mol. The normalized spacial score (nSPS) is 11.3. The molecule has 108 valence electrons. The van der Waals surface area contributed by atoms with Crippen molar-refractivity contribution in [2.45, 2.75) is 6.54 Å². The third-order valence-electron chi connectivity index (χ3n) is 2.33. The van der Waals surface area contributed by atoms with Crippen LogP contribution in [-0.2, 0) is 16.6 Å². The molecule has 0 aliphatic rings. The van der Waals surface area contributed by atoms with Gasteiger partial charge in [0, 0.05) is 21.6 Å². The summed E-state index contributed by atoms with van der Waals surface area (Å²) >= 11 is 8.54. The second-order valence-corrected chi connectivity index (χ2v) is 9.20. The summed E-state index contributed by atoms with van der Waals surface area (Å²) in [4.78, 5) is 1.17. The first-order chi connectivity index (χ1) is 9.33. The molecule has 2 rings (SSSR count). The van der Waals surface area contributed by atoms with E-state index >= 15 is 0 Å². The van der Waals surface area contributed by atoms with E-state index in [0.717, 1.165) is 20.2 Å². The van der Waals surface area contributed by atoms with Gasteiger partial charge in [0.15, 0.2) is 0 Å². The summed E-state index contributed by atoms with van der Waals surface area (Å²) in [5.74, 6) is 0. The molecular weight excluding hydrogens is 428 g/mol. The van der Waals surface area contributed by atoms with Crippen LogP contribution in [0.5, 0.6) is 0 Å². The first kappa shape index (κ1) is 15.8. The average Bonchev–Trinajstić information content (AvgIpc) is 2.65. The first-order valence-electron chi connectivity index (χ1n) is 5.59. The van der Waals surface area contributed by atoms with E-state index in [1.807, 2.05) is 12.1 Å². The van der Waals surface area contributed by atoms with E-state index in [1.165, 1.54) is 4.88 Å². The number of hydrogen-bond donors (Lipinski definition) is 2. The zero-order valence-corrected chi connectivity index (χ0v) is 15.3. The van der Waals surface area contributed by atoms with Crippen LogP contribution in [0.1, 0.15) is 4.88 Å². The second kappa shape index (κ2) is 6.46. The lowest BCUT2D eigenvalue weighted by molar-refractivity contribution is 0.607. The molecule has 0 bridgehead atoms. The molecule has 2 aromatic rings. The molecule has 0 aliphatic heterocycles. The van der Waals surface area contributed by atoms with Crippen LogP contribution >= 0.6 is 43.2 Å². The summed E-state index contributed by atoms with van der Waals surface area (Å²) in [5, 5.41) is 3.26. The number of thiophene rings is 1. The van der Waals surface area contributed by atoms with Gasteiger partial charge in [0.25, 0.3) is 0 Å². The Balaban J connectivity index is 2.04. The number of benzene rings is 1. The lowest BCUT2D eigenvalue weighted by atomic mass is 10.3. The fourth-order valence-corrected chi connectivity index (χ4v) is 4.25. The molecule has 2 N–H and O–H groups in total. The Morgan fingerprint density at radius 1 is 1.20 bits per heavy atom. The molecule has 0 fully saturated rings. The predicted octanol–water partition coefficient (Wildman–Crippen LogP) is 4.26. The zero-order valence-electron chi connectivity index (χ0n) is 10.5. The Kier molecular flexibility index (Phi) is 5.11. The Morgan fingerprint density at radius 3 is 2.50 bits per heavy atom. The number of hydrogen-bond acceptors (Lipinski definition) is 4. The highest BCUT2D eigenvalue weighted by Crippen LogP contribution is 2.32. The van der Waals surface area contributed by atoms with Gasteiger partial charge >= 0.3 is 0 Å². The van der Waals surface area contributed by atoms with E-state index in [2.05, 4.69) is 41.9 Å². The summed E-state index contributed by atoms with van der Waals surface area (Å²) in [6.45, 7) is 0.678. The van der Waals surface area contributed by atoms with Gasteiger partial charge < -0.3 is 5.32 Å². The molecule has 0 radical (unpaired) electrons. The highest BCUT2D eigenvalue weighted by Gasteiger charge is 2.05. The highest BCUT2D eigenvalue weighted by atomic mass is 79.9. The SMILES string of the molecule is CS(=O)(=O)Nc1cccc(NCc2cc(Br)c(Br)s2)c1. The van der Waals surface area contributed by atoms with Crippen molar-refractivity contribution >= 4 is 64.6 Å². The van der Waals surface area contributed by atoms with Gasteiger partial charge in [0.05, 0.1) is 15.7 Å². The van der Waals surface area contributed by atoms with E-state index in [4.69, 9.17) is 0 Å². The Morgan fingerprint density at radius 2 is 1.90 bits per heavy atom. The predicted molar refractivity (Wildman–Crippen MR) is 92.0 cm³/mol. The van der Waals surface area contributed by atoms with Crippen LogP contribution in [0.2, 0.25) is 0 Å². The van der Waals surface area contributed by atoms with Gasteiger partial charge in [0.2, 0.25) is 10.0 Å². The van der Waals surface area contributed by atoms with Gasteiger partial charge in [-0.3, -0.25) is 4.72 Å². The molecule has 1 aromatic carbocycles. The second-order valence-electron chi connectivity index (χ2n) is 4.14. The summed E-state index contributed by atoms with van der Waals surface area (Å²) < 4.78 is 26.9. The number of anilines is 2. The lowest BCUT2D eigenvalue weighted by Crippen LogP contribution is -2.09. The molecule has 0 amide bonds. The van der Waals surface area contributed by atoms with Crippen molar-refractivity contribution in [3.05, 3.63) is 43.5 Å². The zero-order chi connectivity index (χ0) is 14.8. The standard InChI is InChI=1S/C12H12Br2N2O2S2/c1-20(17,18)16-9-4-2-3-8(5-9)15-7-10-6-11(13)12(14)19-10/h2-6,15-16H,7H2,1H3. The van der Waals surface area contributed by atoms with Crippen LogP contribution in [0.25, 0.3) is 0 Å². The first-order valence-corrected chi connectivity index (χ1v) is 9.88. The van der Waals surface area contributed by atoms with Crippen LogP contribution in [0.3, 0.4) is 0 Å². The van der Waals surface area contributed by atoms with Crippen LogP contribution in [-0.4, -0.2) is 14.7 Å². The highest BCUT2D eigenvalue weighted by molar-refractivity contribution is 9.13. The van der Waals surface area contributed by atoms with Crippen molar-refractivity contribution in [2.75, 3.05) is 16.3 Å². The molecule has 20 heavy (non-hydrogen) atoms. The summed E-state index contributed by atoms with van der Waals surface area (Å²) in [6.07, 6.45) is 1.13. The average molecular weight is 440 g/mol. The van der Waals surface area contributed by atoms with Crippen LogP contribution in [0, 0.1) is 0 Å². The molecule has 0 saturated carbocycles. The van der Waals surface area contributed by atoms with Crippen LogP contribution in [0.4, 0.5) is 11.4 Å². The molecule has 0 aliphatic carbocycles. The molecule has 0 unspecified atom stereocenters. The Hall–Kier alpha value is -0.570. The lowest BCUT2D eigenvalue weighted by Gasteiger charge is -2.08. The minimum Gasteiger partial charge on any atom is -0.380 e. The molecule has 4 nitrogen and oxygen atoms in total. The van der Waals surface area contributed by atoms with Gasteiger partial charge in [0.1, 0.15) is 0 Å². The van der Waals surface area contributed by atoms with Crippen LogP contribution < -0.4 is 10.0 Å². The minimum atomic E-state index is -3.25. The van der Waals surface area contributed by atoms with E-state index in [-0.39, 0.29) is 0 Å². The number of nitrogens with one attached hydrogen (secondary N) is 2. The largest absolute Gasteiger partial charge is 0.380 e. The van der Waals surface area contributed by atoms with Crippen molar-refractivity contribution in [3.8, 4) is 0 Å². The van der Waals surface area contributed by atoms with Gasteiger partial charge in [-0.2, -0.15) is 0 Å². The van der Waals surface area contributed by atoms with E-state index in [9.17, 15) is 8.42 Å². The maximum absolute atomic E-state index is 11.2. The summed E-state index contributed by atoms with van der Waals surface area (Å²) in [6, 6.07) is 9.21. The van der Waals surface area contributed by atoms with Crippen molar-refractivity contribution in [2.24, 2.45) is 0 Å². The van der Waals surface area contributed by atoms with Gasteiger partial charge in [-0.1, -0.05) is 6.07 Å². The quantitative estimate of drug-likeness (QED) is 0.731. The maximum Gasteiger partial charge on any atom is 0.229 e. The molecule has 0 saturated heterocycles. The Bertz CT molecular complexity index is 694. The summed E-state index contributed by atoms with van der Waals surface area (Å²) in [7, 11) is -3.25. The van der Waals surface area contributed by atoms with Crippen molar-refractivity contribution in [3.63, 3.8) is 0 Å². The number of rotatable bonds is 5. The molecule has 1 aromatic heterocycles. The molecule has 8 heteroatoms. The molecule has 0 spiro atoms. The van der Waals surface area contributed by atoms with E-state index < -0.39 is 10.0 Å². The van der Waals surface area contributed by atoms with Crippen LogP contribution in [0.15, 0.2) is 38.6 Å². The topological polar surface area (TPSA) is 58.2 Å². The van der Waals surface area contributed by atoms with Crippen molar-refractivity contribution in [1.82, 2.24) is 0 Å². The molecular formula is C12H12Br2N2O2S2. The third-order valence-corrected chi connectivity index (χ3v) is 6.19. The Labute approximate surface area is 138 Å². The van der Waals surface area contributed by atoms with Gasteiger partial charge in [-0.25, -0.2) is 8.42 Å². The minimum absolute atomic E-state index is 0.547. The van der Waals surface area contributed by atoms with Crippen molar-refractivity contribution in [1.29, 1.82) is 0 Å². The fraction of sp³-hybridized carbons (Fsp3) is 0.167.